The van der Waals surface area contributed by atoms with E-state index in [4.69, 9.17) is 0 Å². The first-order valence-electron chi connectivity index (χ1n) is 7.38. The highest BCUT2D eigenvalue weighted by Crippen LogP contribution is 2.23. The maximum atomic E-state index is 4.64. The summed E-state index contributed by atoms with van der Waals surface area (Å²) in [6.07, 6.45) is 1.80. The number of hydrogen-bond donors (Lipinski definition) is 2. The van der Waals surface area contributed by atoms with Crippen LogP contribution in [-0.4, -0.2) is 21.5 Å². The molecule has 112 valence electrons. The van der Waals surface area contributed by atoms with Crippen LogP contribution < -0.4 is 10.6 Å². The van der Waals surface area contributed by atoms with E-state index < -0.39 is 0 Å². The van der Waals surface area contributed by atoms with Crippen LogP contribution in [-0.2, 0) is 6.54 Å². The predicted molar refractivity (Wildman–Crippen MR) is 86.6 cm³/mol. The SMILES string of the molecule is CCNc1nc(C(C)C)nc(NCc2ccccn2)c1C. The Labute approximate surface area is 126 Å². The molecule has 0 aliphatic carbocycles. The van der Waals surface area contributed by atoms with Crippen molar-refractivity contribution in [3.63, 3.8) is 0 Å². The molecule has 2 heterocycles. The standard InChI is InChI=1S/C16H23N5/c1-5-17-15-12(4)16(21-14(20-15)11(2)3)19-10-13-8-6-7-9-18-13/h6-9,11H,5,10H2,1-4H3,(H2,17,19,20,21). The lowest BCUT2D eigenvalue weighted by atomic mass is 10.2. The van der Waals surface area contributed by atoms with Gasteiger partial charge in [-0.25, -0.2) is 9.97 Å². The average molecular weight is 285 g/mol. The number of anilines is 2. The zero-order valence-corrected chi connectivity index (χ0v) is 13.1. The van der Waals surface area contributed by atoms with Gasteiger partial charge in [-0.1, -0.05) is 19.9 Å². The van der Waals surface area contributed by atoms with Gasteiger partial charge < -0.3 is 10.6 Å². The van der Waals surface area contributed by atoms with E-state index >= 15 is 0 Å². The molecule has 0 radical (unpaired) electrons. The lowest BCUT2D eigenvalue weighted by molar-refractivity contribution is 0.771. The Morgan fingerprint density at radius 3 is 2.38 bits per heavy atom. The number of nitrogens with zero attached hydrogens (tertiary/aromatic N) is 3. The van der Waals surface area contributed by atoms with Gasteiger partial charge in [0.1, 0.15) is 17.5 Å². The summed E-state index contributed by atoms with van der Waals surface area (Å²) in [5.41, 5.74) is 2.03. The first-order valence-corrected chi connectivity index (χ1v) is 7.38. The highest BCUT2D eigenvalue weighted by molar-refractivity contribution is 5.57. The lowest BCUT2D eigenvalue weighted by Crippen LogP contribution is -2.12. The van der Waals surface area contributed by atoms with Crippen molar-refractivity contribution in [2.75, 3.05) is 17.2 Å². The van der Waals surface area contributed by atoms with Gasteiger partial charge in [0.25, 0.3) is 0 Å². The van der Waals surface area contributed by atoms with Crippen molar-refractivity contribution in [2.45, 2.75) is 40.2 Å². The number of rotatable bonds is 6. The Hall–Kier alpha value is -2.17. The van der Waals surface area contributed by atoms with Gasteiger partial charge in [0.05, 0.1) is 12.2 Å². The molecule has 0 amide bonds. The fourth-order valence-electron chi connectivity index (χ4n) is 1.98. The van der Waals surface area contributed by atoms with Crippen LogP contribution >= 0.6 is 0 Å². The topological polar surface area (TPSA) is 62.7 Å². The van der Waals surface area contributed by atoms with Gasteiger partial charge >= 0.3 is 0 Å². The molecule has 0 bridgehead atoms. The quantitative estimate of drug-likeness (QED) is 0.852. The minimum Gasteiger partial charge on any atom is -0.370 e. The molecule has 0 saturated heterocycles. The van der Waals surface area contributed by atoms with E-state index in [0.717, 1.165) is 35.3 Å². The predicted octanol–water partition coefficient (Wildman–Crippen LogP) is 3.35. The summed E-state index contributed by atoms with van der Waals surface area (Å²) in [6.45, 7) is 9.79. The van der Waals surface area contributed by atoms with Crippen molar-refractivity contribution in [2.24, 2.45) is 0 Å². The molecule has 0 unspecified atom stereocenters. The molecule has 5 heteroatoms. The van der Waals surface area contributed by atoms with Crippen LogP contribution in [0.3, 0.4) is 0 Å². The van der Waals surface area contributed by atoms with E-state index in [9.17, 15) is 0 Å². The molecular formula is C16H23N5. The van der Waals surface area contributed by atoms with Crippen LogP contribution in [0.5, 0.6) is 0 Å². The van der Waals surface area contributed by atoms with Crippen molar-refractivity contribution in [1.29, 1.82) is 0 Å². The van der Waals surface area contributed by atoms with Crippen LogP contribution in [0.1, 0.15) is 43.8 Å². The van der Waals surface area contributed by atoms with Crippen LogP contribution in [0.25, 0.3) is 0 Å². The number of hydrogen-bond acceptors (Lipinski definition) is 5. The molecule has 21 heavy (non-hydrogen) atoms. The van der Waals surface area contributed by atoms with Crippen LogP contribution in [0, 0.1) is 6.92 Å². The molecule has 0 fully saturated rings. The Morgan fingerprint density at radius 2 is 1.81 bits per heavy atom. The van der Waals surface area contributed by atoms with Crippen molar-refractivity contribution >= 4 is 11.6 Å². The zero-order valence-electron chi connectivity index (χ0n) is 13.1. The Kier molecular flexibility index (Phi) is 5.09. The first kappa shape index (κ1) is 15.2. The fourth-order valence-corrected chi connectivity index (χ4v) is 1.98. The summed E-state index contributed by atoms with van der Waals surface area (Å²) in [6, 6.07) is 5.90. The summed E-state index contributed by atoms with van der Waals surface area (Å²) in [4.78, 5) is 13.6. The zero-order chi connectivity index (χ0) is 15.2. The van der Waals surface area contributed by atoms with Crippen molar-refractivity contribution in [3.05, 3.63) is 41.5 Å². The third-order valence-electron chi connectivity index (χ3n) is 3.19. The average Bonchev–Trinajstić information content (AvgIpc) is 2.49. The van der Waals surface area contributed by atoms with E-state index in [2.05, 4.69) is 46.4 Å². The van der Waals surface area contributed by atoms with Crippen LogP contribution in [0.15, 0.2) is 24.4 Å². The van der Waals surface area contributed by atoms with E-state index in [0.29, 0.717) is 12.5 Å². The minimum absolute atomic E-state index is 0.290. The molecule has 0 aliphatic rings. The van der Waals surface area contributed by atoms with Gasteiger partial charge in [0.15, 0.2) is 0 Å². The smallest absolute Gasteiger partial charge is 0.135 e. The van der Waals surface area contributed by atoms with E-state index in [1.165, 1.54) is 0 Å². The number of aromatic nitrogens is 3. The second kappa shape index (κ2) is 7.02. The summed E-state index contributed by atoms with van der Waals surface area (Å²) in [5, 5.41) is 6.67. The molecular weight excluding hydrogens is 262 g/mol. The Morgan fingerprint density at radius 1 is 1.10 bits per heavy atom. The van der Waals surface area contributed by atoms with E-state index in [1.807, 2.05) is 25.1 Å². The van der Waals surface area contributed by atoms with Crippen molar-refractivity contribution < 1.29 is 0 Å². The highest BCUT2D eigenvalue weighted by atomic mass is 15.1. The largest absolute Gasteiger partial charge is 0.370 e. The molecule has 0 aliphatic heterocycles. The van der Waals surface area contributed by atoms with Gasteiger partial charge in [-0.05, 0) is 26.0 Å². The maximum Gasteiger partial charge on any atom is 0.135 e. The van der Waals surface area contributed by atoms with Gasteiger partial charge in [0.2, 0.25) is 0 Å². The molecule has 0 saturated carbocycles. The second-order valence-corrected chi connectivity index (χ2v) is 5.26. The first-order chi connectivity index (χ1) is 10.1. The van der Waals surface area contributed by atoms with Gasteiger partial charge in [-0.2, -0.15) is 0 Å². The van der Waals surface area contributed by atoms with Crippen molar-refractivity contribution in [1.82, 2.24) is 15.0 Å². The second-order valence-electron chi connectivity index (χ2n) is 5.26. The maximum absolute atomic E-state index is 4.64. The number of pyridine rings is 1. The lowest BCUT2D eigenvalue weighted by Gasteiger charge is -2.15. The third-order valence-corrected chi connectivity index (χ3v) is 3.19. The normalized spacial score (nSPS) is 10.7. The van der Waals surface area contributed by atoms with E-state index in [-0.39, 0.29) is 0 Å². The third kappa shape index (κ3) is 3.90. The summed E-state index contributed by atoms with van der Waals surface area (Å²) < 4.78 is 0. The molecule has 5 nitrogen and oxygen atoms in total. The minimum atomic E-state index is 0.290. The van der Waals surface area contributed by atoms with Gasteiger partial charge in [-0.3, -0.25) is 4.98 Å². The molecule has 2 N–H and O–H groups in total. The van der Waals surface area contributed by atoms with Crippen LogP contribution in [0.2, 0.25) is 0 Å². The molecule has 2 rings (SSSR count). The fraction of sp³-hybridized carbons (Fsp3) is 0.438. The van der Waals surface area contributed by atoms with E-state index in [1.54, 1.807) is 6.20 Å². The molecule has 0 spiro atoms. The summed E-state index contributed by atoms with van der Waals surface area (Å²) in [5.74, 6) is 2.91. The van der Waals surface area contributed by atoms with Crippen LogP contribution in [0.4, 0.5) is 11.6 Å². The Balaban J connectivity index is 2.24. The molecule has 2 aromatic heterocycles. The summed E-state index contributed by atoms with van der Waals surface area (Å²) >= 11 is 0. The monoisotopic (exact) mass is 285 g/mol. The van der Waals surface area contributed by atoms with Gasteiger partial charge in [-0.15, -0.1) is 0 Å². The van der Waals surface area contributed by atoms with Gasteiger partial charge in [0, 0.05) is 24.2 Å². The van der Waals surface area contributed by atoms with Crippen molar-refractivity contribution in [3.8, 4) is 0 Å². The molecule has 0 aromatic carbocycles. The molecule has 2 aromatic rings. The Bertz CT molecular complexity index is 581. The summed E-state index contributed by atoms with van der Waals surface area (Å²) in [7, 11) is 0. The highest BCUT2D eigenvalue weighted by Gasteiger charge is 2.12. The molecule has 0 atom stereocenters. The number of nitrogens with one attached hydrogen (secondary N) is 2.